The SMILES string of the molecule is Br.CCN1C[C@]2(OC(=O)c3ccccc3NC(C)=O)CC[C@H](OC)[C@@]34[C@@H]2CC([C@@H]13)[C@@]1(O)C[C@H](OC)[C@H]2C[C@@H]4[C@]1(O)[C@H]2OC. The quantitative estimate of drug-likeness (QED) is 0.377. The molecule has 1 aromatic carbocycles. The zero-order chi connectivity index (χ0) is 29.8. The fraction of sp³-hybridized carbons (Fsp3) is 0.750. The lowest BCUT2D eigenvalue weighted by atomic mass is 9.44. The van der Waals surface area contributed by atoms with Crippen molar-refractivity contribution >= 4 is 34.5 Å². The summed E-state index contributed by atoms with van der Waals surface area (Å²) in [5.41, 5.74) is -3.57. The molecule has 7 bridgehead atoms. The van der Waals surface area contributed by atoms with Gasteiger partial charge < -0.3 is 34.5 Å². The minimum absolute atomic E-state index is 0. The van der Waals surface area contributed by atoms with Crippen LogP contribution in [0, 0.1) is 29.1 Å². The molecule has 43 heavy (non-hydrogen) atoms. The summed E-state index contributed by atoms with van der Waals surface area (Å²) in [6.45, 7) is 4.79. The number of hydrogen-bond donors (Lipinski definition) is 3. The van der Waals surface area contributed by atoms with Crippen molar-refractivity contribution in [2.45, 2.75) is 87.1 Å². The molecule has 1 saturated heterocycles. The van der Waals surface area contributed by atoms with E-state index in [1.54, 1.807) is 45.6 Å². The topological polar surface area (TPSA) is 127 Å². The second-order valence-corrected chi connectivity index (χ2v) is 13.7. The van der Waals surface area contributed by atoms with Gasteiger partial charge in [0.1, 0.15) is 16.8 Å². The first-order valence-electron chi connectivity index (χ1n) is 15.4. The second kappa shape index (κ2) is 10.5. The molecule has 5 aliphatic carbocycles. The Balaban J connectivity index is 0.00000329. The maximum atomic E-state index is 14.0. The van der Waals surface area contributed by atoms with Gasteiger partial charge in [0.2, 0.25) is 5.91 Å². The minimum Gasteiger partial charge on any atom is -0.454 e. The molecule has 1 amide bonds. The highest BCUT2D eigenvalue weighted by Gasteiger charge is 2.89. The number of carbonyl (C=O) groups is 2. The molecule has 5 saturated carbocycles. The van der Waals surface area contributed by atoms with Gasteiger partial charge >= 0.3 is 5.97 Å². The Morgan fingerprint density at radius 3 is 2.47 bits per heavy atom. The van der Waals surface area contributed by atoms with Crippen molar-refractivity contribution in [3.8, 4) is 0 Å². The maximum Gasteiger partial charge on any atom is 0.340 e. The number of nitrogens with one attached hydrogen (secondary N) is 1. The van der Waals surface area contributed by atoms with Crippen molar-refractivity contribution in [2.24, 2.45) is 29.1 Å². The lowest BCUT2D eigenvalue weighted by molar-refractivity contribution is -0.337. The van der Waals surface area contributed by atoms with Crippen LogP contribution in [0.4, 0.5) is 5.69 Å². The predicted molar refractivity (Wildman–Crippen MR) is 162 cm³/mol. The summed E-state index contributed by atoms with van der Waals surface area (Å²) in [5, 5.41) is 28.4. The molecule has 0 radical (unpaired) electrons. The summed E-state index contributed by atoms with van der Waals surface area (Å²) in [7, 11) is 5.05. The van der Waals surface area contributed by atoms with E-state index < -0.39 is 34.3 Å². The zero-order valence-electron chi connectivity index (χ0n) is 25.6. The molecule has 11 heteroatoms. The molecule has 7 rings (SSSR count). The van der Waals surface area contributed by atoms with Crippen LogP contribution in [0.25, 0.3) is 0 Å². The summed E-state index contributed by atoms with van der Waals surface area (Å²) in [5.74, 6) is -1.54. The minimum atomic E-state index is -1.48. The van der Waals surface area contributed by atoms with Crippen LogP contribution < -0.4 is 5.32 Å². The first-order valence-corrected chi connectivity index (χ1v) is 15.4. The van der Waals surface area contributed by atoms with Gasteiger partial charge in [0, 0.05) is 76.3 Å². The van der Waals surface area contributed by atoms with Gasteiger partial charge in [-0.2, -0.15) is 0 Å². The van der Waals surface area contributed by atoms with Crippen LogP contribution in [0.1, 0.15) is 56.3 Å². The molecule has 1 unspecified atom stereocenters. The van der Waals surface area contributed by atoms with E-state index in [1.807, 2.05) is 0 Å². The number of fused-ring (bicyclic) bond motifs is 2. The van der Waals surface area contributed by atoms with Gasteiger partial charge in [-0.05, 0) is 44.4 Å². The average molecular weight is 666 g/mol. The molecular weight excluding hydrogens is 620 g/mol. The Hall–Kier alpha value is -1.60. The molecule has 6 aliphatic rings. The van der Waals surface area contributed by atoms with Crippen LogP contribution in [0.2, 0.25) is 0 Å². The van der Waals surface area contributed by atoms with Crippen LogP contribution in [0.5, 0.6) is 0 Å². The van der Waals surface area contributed by atoms with Gasteiger partial charge in [0.05, 0.1) is 29.6 Å². The zero-order valence-corrected chi connectivity index (χ0v) is 27.3. The average Bonchev–Trinajstić information content (AvgIpc) is 3.39. The number of halogens is 1. The number of anilines is 1. The fourth-order valence-electron chi connectivity index (χ4n) is 11.6. The van der Waals surface area contributed by atoms with Crippen LogP contribution in [-0.4, -0.2) is 103 Å². The fourth-order valence-corrected chi connectivity index (χ4v) is 11.6. The van der Waals surface area contributed by atoms with Crippen LogP contribution >= 0.6 is 17.0 Å². The van der Waals surface area contributed by atoms with E-state index >= 15 is 0 Å². The van der Waals surface area contributed by atoms with Crippen molar-refractivity contribution < 1.29 is 38.7 Å². The maximum absolute atomic E-state index is 14.0. The molecule has 3 N–H and O–H groups in total. The number of aliphatic hydroxyl groups is 2. The monoisotopic (exact) mass is 664 g/mol. The van der Waals surface area contributed by atoms with Gasteiger partial charge in [0.15, 0.2) is 0 Å². The molecule has 1 spiro atoms. The van der Waals surface area contributed by atoms with Gasteiger partial charge in [-0.3, -0.25) is 9.69 Å². The third-order valence-corrected chi connectivity index (χ3v) is 12.6. The molecule has 6 fully saturated rings. The summed E-state index contributed by atoms with van der Waals surface area (Å²) in [6, 6.07) is 6.89. The molecule has 10 nitrogen and oxygen atoms in total. The second-order valence-electron chi connectivity index (χ2n) is 13.7. The van der Waals surface area contributed by atoms with E-state index in [0.717, 1.165) is 0 Å². The van der Waals surface area contributed by atoms with E-state index in [-0.39, 0.29) is 64.8 Å². The van der Waals surface area contributed by atoms with E-state index in [9.17, 15) is 19.8 Å². The van der Waals surface area contributed by atoms with Crippen LogP contribution in [0.15, 0.2) is 24.3 Å². The highest BCUT2D eigenvalue weighted by molar-refractivity contribution is 8.93. The number of likely N-dealkylation sites (tertiary alicyclic amines) is 1. The summed E-state index contributed by atoms with van der Waals surface area (Å²) >= 11 is 0. The molecule has 0 aromatic heterocycles. The number of methoxy groups -OCH3 is 3. The van der Waals surface area contributed by atoms with Crippen molar-refractivity contribution in [2.75, 3.05) is 39.7 Å². The molecular formula is C32H45BrN2O8. The van der Waals surface area contributed by atoms with E-state index in [0.29, 0.717) is 56.4 Å². The normalized spacial score (nSPS) is 47.0. The van der Waals surface area contributed by atoms with Gasteiger partial charge in [-0.1, -0.05) is 19.1 Å². The highest BCUT2D eigenvalue weighted by atomic mass is 79.9. The number of ether oxygens (including phenoxy) is 4. The highest BCUT2D eigenvalue weighted by Crippen LogP contribution is 2.79. The number of rotatable bonds is 7. The molecule has 1 aromatic rings. The number of nitrogens with zero attached hydrogens (tertiary/aromatic N) is 1. The Bertz CT molecular complexity index is 1300. The summed E-state index contributed by atoms with van der Waals surface area (Å²) in [4.78, 5) is 28.3. The van der Waals surface area contributed by atoms with Crippen molar-refractivity contribution in [3.05, 3.63) is 29.8 Å². The van der Waals surface area contributed by atoms with Crippen molar-refractivity contribution in [1.29, 1.82) is 0 Å². The van der Waals surface area contributed by atoms with E-state index in [2.05, 4.69) is 17.1 Å². The molecule has 238 valence electrons. The largest absolute Gasteiger partial charge is 0.454 e. The number of esters is 1. The third kappa shape index (κ3) is 3.67. The standard InChI is InChI=1S/C32H44N2O8.BrH/c1-6-34-16-29(42-28(36)18-9-7-8-10-21(18)33-17(2)35)12-11-25(40-4)31-23(29)14-20(26(31)34)30(37)15-22(39-3)19-13-24(31)32(30,38)27(19)41-5;/h7-10,19-20,22-27,37-38H,6,11-16H2,1-5H3,(H,33,35);1H/t19-,20?,22+,23-,24+,25+,26-,27+,29-,30+,31+,32+;/m1./s1. The molecule has 12 atom stereocenters. The third-order valence-electron chi connectivity index (χ3n) is 12.6. The van der Waals surface area contributed by atoms with Gasteiger partial charge in [0.25, 0.3) is 0 Å². The number of carbonyl (C=O) groups excluding carboxylic acids is 2. The number of hydrogen-bond acceptors (Lipinski definition) is 9. The molecule has 1 heterocycles. The molecule has 1 aliphatic heterocycles. The van der Waals surface area contributed by atoms with E-state index in [1.165, 1.54) is 6.92 Å². The number of piperidine rings is 1. The first-order chi connectivity index (χ1) is 20.1. The predicted octanol–water partition coefficient (Wildman–Crippen LogP) is 2.80. The Labute approximate surface area is 263 Å². The number of likely N-dealkylation sites (N-methyl/N-ethyl adjacent to an activating group) is 1. The lowest BCUT2D eigenvalue weighted by Gasteiger charge is -2.70. The van der Waals surface area contributed by atoms with Gasteiger partial charge in [-0.25, -0.2) is 4.79 Å². The van der Waals surface area contributed by atoms with Crippen molar-refractivity contribution in [3.63, 3.8) is 0 Å². The van der Waals surface area contributed by atoms with Crippen LogP contribution in [-0.2, 0) is 23.7 Å². The summed E-state index contributed by atoms with van der Waals surface area (Å²) in [6.07, 6.45) is 1.91. The first kappa shape index (κ1) is 31.4. The summed E-state index contributed by atoms with van der Waals surface area (Å²) < 4.78 is 25.1. The Morgan fingerprint density at radius 1 is 1.07 bits per heavy atom. The lowest BCUT2D eigenvalue weighted by Crippen LogP contribution is -2.83. The van der Waals surface area contributed by atoms with E-state index in [4.69, 9.17) is 18.9 Å². The smallest absolute Gasteiger partial charge is 0.340 e. The number of amides is 1. The Kier molecular flexibility index (Phi) is 7.64. The number of benzene rings is 1. The van der Waals surface area contributed by atoms with Crippen LogP contribution in [0.3, 0.4) is 0 Å². The number of para-hydroxylation sites is 1. The van der Waals surface area contributed by atoms with Gasteiger partial charge in [-0.15, -0.1) is 17.0 Å². The Morgan fingerprint density at radius 2 is 1.81 bits per heavy atom. The van der Waals surface area contributed by atoms with Crippen molar-refractivity contribution in [1.82, 2.24) is 4.90 Å².